The Morgan fingerprint density at radius 1 is 0.400 bits per heavy atom. The summed E-state index contributed by atoms with van der Waals surface area (Å²) in [5, 5.41) is 5.03. The molecule has 3 aromatic heterocycles. The Morgan fingerprint density at radius 3 is 1.83 bits per heavy atom. The first-order chi connectivity index (χ1) is 31.8. The number of hydrogen-bond acceptors (Lipinski definition) is 5. The van der Waals surface area contributed by atoms with Crippen LogP contribution in [0.3, 0.4) is 0 Å². The first-order valence-corrected chi connectivity index (χ1v) is 20.5. The van der Waals surface area contributed by atoms with Gasteiger partial charge in [0.1, 0.15) is 11.2 Å². The van der Waals surface area contributed by atoms with E-state index < -0.39 is 0 Å². The lowest BCUT2D eigenvalue weighted by Crippen LogP contribution is -2.00. The summed E-state index contributed by atoms with van der Waals surface area (Å²) in [4.78, 5) is 15.4. The summed E-state index contributed by atoms with van der Waals surface area (Å²) in [6.07, 6.45) is 0. The van der Waals surface area contributed by atoms with E-state index in [1.165, 1.54) is 11.3 Å². The molecular formula is C55H33N3OS. The molecule has 0 N–H and O–H groups in total. The number of furan rings is 1. The van der Waals surface area contributed by atoms with E-state index in [1.54, 1.807) is 12.1 Å². The van der Waals surface area contributed by atoms with Crippen molar-refractivity contribution in [2.24, 2.45) is 0 Å². The minimum atomic E-state index is -0.113. The number of thiophene rings is 1. The number of benzene rings is 9. The topological polar surface area (TPSA) is 51.8 Å². The highest BCUT2D eigenvalue weighted by molar-refractivity contribution is 7.26. The van der Waals surface area contributed by atoms with Gasteiger partial charge in [-0.05, 0) is 80.6 Å². The molecule has 12 aromatic rings. The van der Waals surface area contributed by atoms with Crippen molar-refractivity contribution < 1.29 is 11.3 Å². The molecule has 0 radical (unpaired) electrons. The second-order valence-corrected chi connectivity index (χ2v) is 15.8. The molecule has 5 heteroatoms. The standard InChI is InChI=1S/C55H33N3OS/c1-3-13-34(14-4-1)37-18-9-20-39(31-37)53-56-54(58-55(57-53)41-28-29-45-48(33-41)59-47-25-11-23-42(50(45)47)35-15-5-2-6-16-35)40-21-10-19-38(32-40)43-24-12-26-49-51(43)46-30-27-36-17-7-8-22-44(36)52(46)60-49/h1-33H/i7D,8D,12D,17D,24D. The molecule has 0 fully saturated rings. The van der Waals surface area contributed by atoms with Crippen molar-refractivity contribution in [2.75, 3.05) is 0 Å². The number of hydrogen-bond donors (Lipinski definition) is 0. The van der Waals surface area contributed by atoms with E-state index in [2.05, 4.69) is 48.5 Å². The largest absolute Gasteiger partial charge is 0.456 e. The average molecular weight is 789 g/mol. The van der Waals surface area contributed by atoms with Crippen LogP contribution < -0.4 is 0 Å². The Kier molecular flexibility index (Phi) is 6.87. The molecular weight excluding hydrogens is 751 g/mol. The molecule has 0 aliphatic carbocycles. The average Bonchev–Trinajstić information content (AvgIpc) is 3.92. The van der Waals surface area contributed by atoms with Crippen LogP contribution in [0.5, 0.6) is 0 Å². The number of nitrogens with zero attached hydrogens (tertiary/aromatic N) is 3. The molecule has 0 atom stereocenters. The van der Waals surface area contributed by atoms with Gasteiger partial charge in [0.25, 0.3) is 0 Å². The van der Waals surface area contributed by atoms with Gasteiger partial charge in [-0.1, -0.05) is 164 Å². The van der Waals surface area contributed by atoms with Crippen LogP contribution in [0.15, 0.2) is 204 Å². The van der Waals surface area contributed by atoms with Crippen LogP contribution in [-0.2, 0) is 0 Å². The fraction of sp³-hybridized carbons (Fsp3) is 0. The Hall–Kier alpha value is -7.73. The van der Waals surface area contributed by atoms with Crippen LogP contribution >= 0.6 is 11.3 Å². The van der Waals surface area contributed by atoms with E-state index in [4.69, 9.17) is 24.9 Å². The van der Waals surface area contributed by atoms with Crippen molar-refractivity contribution in [1.82, 2.24) is 15.0 Å². The highest BCUT2D eigenvalue weighted by Gasteiger charge is 2.19. The van der Waals surface area contributed by atoms with E-state index in [0.29, 0.717) is 45.0 Å². The van der Waals surface area contributed by atoms with Gasteiger partial charge in [0.2, 0.25) is 0 Å². The lowest BCUT2D eigenvalue weighted by Gasteiger charge is -2.11. The van der Waals surface area contributed by atoms with Gasteiger partial charge in [-0.15, -0.1) is 11.3 Å². The molecule has 0 saturated heterocycles. The zero-order valence-corrected chi connectivity index (χ0v) is 32.6. The molecule has 0 aliphatic heterocycles. The minimum absolute atomic E-state index is 0.0136. The van der Waals surface area contributed by atoms with Crippen LogP contribution in [0.4, 0.5) is 0 Å². The Bertz CT molecular complexity index is 3910. The lowest BCUT2D eigenvalue weighted by atomic mass is 9.97. The van der Waals surface area contributed by atoms with Gasteiger partial charge in [-0.3, -0.25) is 0 Å². The molecule has 280 valence electrons. The molecule has 0 amide bonds. The van der Waals surface area contributed by atoms with Crippen LogP contribution in [0, 0.1) is 0 Å². The maximum absolute atomic E-state index is 9.30. The summed E-state index contributed by atoms with van der Waals surface area (Å²) in [6.45, 7) is 0. The van der Waals surface area contributed by atoms with Gasteiger partial charge in [-0.25, -0.2) is 15.0 Å². The minimum Gasteiger partial charge on any atom is -0.456 e. The molecule has 9 aromatic carbocycles. The molecule has 0 bridgehead atoms. The van der Waals surface area contributed by atoms with E-state index in [1.807, 2.05) is 109 Å². The van der Waals surface area contributed by atoms with Crippen LogP contribution in [0.1, 0.15) is 6.85 Å². The normalized spacial score (nSPS) is 12.8. The maximum Gasteiger partial charge on any atom is 0.164 e. The number of rotatable bonds is 6. The van der Waals surface area contributed by atoms with E-state index in [-0.39, 0.29) is 30.2 Å². The van der Waals surface area contributed by atoms with Crippen molar-refractivity contribution in [2.45, 2.75) is 0 Å². The zero-order chi connectivity index (χ0) is 43.9. The van der Waals surface area contributed by atoms with Crippen molar-refractivity contribution >= 4 is 64.2 Å². The predicted molar refractivity (Wildman–Crippen MR) is 250 cm³/mol. The second kappa shape index (κ2) is 14.0. The van der Waals surface area contributed by atoms with Gasteiger partial charge in [0.05, 0.1) is 6.85 Å². The first-order valence-electron chi connectivity index (χ1n) is 22.2. The molecule has 0 unspecified atom stereocenters. The van der Waals surface area contributed by atoms with Crippen LogP contribution in [0.2, 0.25) is 0 Å². The SMILES string of the molecule is [2H]c1cc2c(ccc3c2sc2cc([2H])c([2H])c(-c4cccc(-c5nc(-c6cccc(-c7ccccc7)c6)nc(-c6ccc7c(c6)oc6cccc(-c8ccccc8)c67)n5)c4)c23)c([2H])c1[2H]. The molecule has 0 aliphatic rings. The van der Waals surface area contributed by atoms with Crippen molar-refractivity contribution in [3.05, 3.63) is 200 Å². The first kappa shape index (κ1) is 29.5. The van der Waals surface area contributed by atoms with E-state index >= 15 is 0 Å². The van der Waals surface area contributed by atoms with Gasteiger partial charge in [0, 0.05) is 47.6 Å². The van der Waals surface area contributed by atoms with Gasteiger partial charge >= 0.3 is 0 Å². The zero-order valence-electron chi connectivity index (χ0n) is 36.8. The van der Waals surface area contributed by atoms with Crippen molar-refractivity contribution in [1.29, 1.82) is 0 Å². The van der Waals surface area contributed by atoms with Gasteiger partial charge in [-0.2, -0.15) is 0 Å². The van der Waals surface area contributed by atoms with Crippen LogP contribution in [0.25, 0.3) is 120 Å². The van der Waals surface area contributed by atoms with Gasteiger partial charge in [0.15, 0.2) is 17.5 Å². The molecule has 3 heterocycles. The predicted octanol–water partition coefficient (Wildman–Crippen LogP) is 15.3. The summed E-state index contributed by atoms with van der Waals surface area (Å²) >= 11 is 1.47. The smallest absolute Gasteiger partial charge is 0.164 e. The quantitative estimate of drug-likeness (QED) is 0.168. The van der Waals surface area contributed by atoms with Crippen molar-refractivity contribution in [3.63, 3.8) is 0 Å². The Labute approximate surface area is 356 Å². The number of aromatic nitrogens is 3. The molecule has 0 spiro atoms. The third-order valence-corrected chi connectivity index (χ3v) is 12.4. The Morgan fingerprint density at radius 2 is 1.05 bits per heavy atom. The van der Waals surface area contributed by atoms with Crippen molar-refractivity contribution in [3.8, 4) is 67.5 Å². The van der Waals surface area contributed by atoms with Crippen LogP contribution in [-0.4, -0.2) is 15.0 Å². The summed E-state index contributed by atoms with van der Waals surface area (Å²) < 4.78 is 51.7. The summed E-state index contributed by atoms with van der Waals surface area (Å²) in [5.41, 5.74) is 9.43. The maximum atomic E-state index is 9.30. The third-order valence-electron chi connectivity index (χ3n) is 11.2. The summed E-state index contributed by atoms with van der Waals surface area (Å²) in [6, 6.07) is 55.9. The van der Waals surface area contributed by atoms with E-state index in [9.17, 15) is 1.37 Å². The molecule has 4 nitrogen and oxygen atoms in total. The third kappa shape index (κ3) is 5.78. The molecule has 12 rings (SSSR count). The Balaban J connectivity index is 1.04. The highest BCUT2D eigenvalue weighted by Crippen LogP contribution is 2.44. The fourth-order valence-electron chi connectivity index (χ4n) is 8.34. The summed E-state index contributed by atoms with van der Waals surface area (Å²) in [5.74, 6) is 1.41. The monoisotopic (exact) mass is 788 g/mol. The fourth-order valence-corrected chi connectivity index (χ4v) is 9.56. The molecule has 0 saturated carbocycles. The second-order valence-electron chi connectivity index (χ2n) is 14.8. The lowest BCUT2D eigenvalue weighted by molar-refractivity contribution is 0.669. The summed E-state index contributed by atoms with van der Waals surface area (Å²) in [7, 11) is 0. The van der Waals surface area contributed by atoms with E-state index in [0.717, 1.165) is 75.5 Å². The number of fused-ring (bicyclic) bond motifs is 8. The highest BCUT2D eigenvalue weighted by atomic mass is 32.1. The molecule has 60 heavy (non-hydrogen) atoms. The van der Waals surface area contributed by atoms with Gasteiger partial charge < -0.3 is 4.42 Å².